The van der Waals surface area contributed by atoms with Gasteiger partial charge in [-0.05, 0) is 18.4 Å². The molecule has 0 spiro atoms. The highest BCUT2D eigenvalue weighted by Crippen LogP contribution is 2.34. The largest absolute Gasteiger partial charge is 0.415 e. The minimum absolute atomic E-state index is 0.112. The number of hydrogen-bond acceptors (Lipinski definition) is 4. The van der Waals surface area contributed by atoms with Crippen molar-refractivity contribution in [2.75, 3.05) is 0 Å². The molecule has 0 bridgehead atoms. The summed E-state index contributed by atoms with van der Waals surface area (Å²) < 4.78 is 41.5. The Labute approximate surface area is 152 Å². The molecule has 2 aromatic heterocycles. The van der Waals surface area contributed by atoms with Crippen LogP contribution >= 0.6 is 0 Å². The second kappa shape index (κ2) is 5.95. The van der Waals surface area contributed by atoms with Gasteiger partial charge in [0.25, 0.3) is 5.56 Å². The fraction of sp³-hybridized carbons (Fsp3) is 0.353. The van der Waals surface area contributed by atoms with Gasteiger partial charge in [0.1, 0.15) is 19.5 Å². The molecule has 1 saturated carbocycles. The first-order valence-electron chi connectivity index (χ1n) is 8.27. The zero-order valence-electron chi connectivity index (χ0n) is 14.2. The maximum Gasteiger partial charge on any atom is 0.415 e. The predicted octanol–water partition coefficient (Wildman–Crippen LogP) is 1.36. The molecule has 1 atom stereocenters. The standard InChI is InChI=1S/C17H14BF3N4O2/c1-24-14(12-13(23-24)16(27)25(7-22-12)9-3-4-9)15(26)8-2-5-10(11(18)6-8)17(19,20)21/h2,5-7,9,15,26H,3-4H2,1H3. The number of nitrogens with zero attached hydrogens (tertiary/aromatic N) is 4. The Bertz CT molecular complexity index is 1100. The second-order valence-corrected chi connectivity index (χ2v) is 6.64. The van der Waals surface area contributed by atoms with Gasteiger partial charge in [-0.25, -0.2) is 4.98 Å². The van der Waals surface area contributed by atoms with Crippen LogP contribution in [0.5, 0.6) is 0 Å². The van der Waals surface area contributed by atoms with Gasteiger partial charge in [-0.15, -0.1) is 0 Å². The molecule has 3 aromatic rings. The maximum absolute atomic E-state index is 12.9. The van der Waals surface area contributed by atoms with Crippen molar-refractivity contribution in [3.63, 3.8) is 0 Å². The number of aromatic nitrogens is 4. The van der Waals surface area contributed by atoms with E-state index in [2.05, 4.69) is 10.1 Å². The van der Waals surface area contributed by atoms with Gasteiger partial charge in [0.2, 0.25) is 0 Å². The third-order valence-electron chi connectivity index (χ3n) is 4.71. The Morgan fingerprint density at radius 2 is 2.00 bits per heavy atom. The van der Waals surface area contributed by atoms with Gasteiger partial charge in [-0.2, -0.15) is 18.3 Å². The summed E-state index contributed by atoms with van der Waals surface area (Å²) in [4.78, 5) is 16.8. The van der Waals surface area contributed by atoms with Crippen LogP contribution in [0.25, 0.3) is 11.0 Å². The van der Waals surface area contributed by atoms with E-state index in [1.54, 1.807) is 0 Å². The number of benzene rings is 1. The van der Waals surface area contributed by atoms with Crippen molar-refractivity contribution in [1.29, 1.82) is 0 Å². The van der Waals surface area contributed by atoms with Crippen LogP contribution in [0.4, 0.5) is 13.2 Å². The second-order valence-electron chi connectivity index (χ2n) is 6.64. The van der Waals surface area contributed by atoms with Crippen molar-refractivity contribution < 1.29 is 18.3 Å². The molecule has 6 nitrogen and oxygen atoms in total. The lowest BCUT2D eigenvalue weighted by atomic mass is 9.87. The molecule has 2 heterocycles. The molecule has 138 valence electrons. The van der Waals surface area contributed by atoms with E-state index in [0.717, 1.165) is 31.0 Å². The molecule has 1 N–H and O–H groups in total. The van der Waals surface area contributed by atoms with Crippen molar-refractivity contribution in [2.45, 2.75) is 31.2 Å². The van der Waals surface area contributed by atoms with E-state index in [1.807, 2.05) is 0 Å². The number of aliphatic hydroxyl groups is 1. The first-order valence-corrected chi connectivity index (χ1v) is 8.27. The number of fused-ring (bicyclic) bond motifs is 1. The van der Waals surface area contributed by atoms with Gasteiger partial charge in [-0.3, -0.25) is 14.0 Å². The normalized spacial score (nSPS) is 16.0. The van der Waals surface area contributed by atoms with Crippen molar-refractivity contribution >= 4 is 24.3 Å². The van der Waals surface area contributed by atoms with Crippen molar-refractivity contribution in [3.8, 4) is 0 Å². The van der Waals surface area contributed by atoms with Crippen molar-refractivity contribution in [3.05, 3.63) is 51.7 Å². The van der Waals surface area contributed by atoms with Gasteiger partial charge >= 0.3 is 6.18 Å². The quantitative estimate of drug-likeness (QED) is 0.703. The average Bonchev–Trinajstić information content (AvgIpc) is 3.36. The number of halogens is 3. The fourth-order valence-electron chi connectivity index (χ4n) is 3.18. The summed E-state index contributed by atoms with van der Waals surface area (Å²) in [5, 5.41) is 14.9. The van der Waals surface area contributed by atoms with Crippen molar-refractivity contribution in [1.82, 2.24) is 19.3 Å². The number of aliphatic hydroxyl groups excluding tert-OH is 1. The summed E-state index contributed by atoms with van der Waals surface area (Å²) in [5.41, 5.74) is -1.08. The number of hydrogen-bond donors (Lipinski definition) is 1. The summed E-state index contributed by atoms with van der Waals surface area (Å²) >= 11 is 0. The van der Waals surface area contributed by atoms with Crippen LogP contribution in [-0.2, 0) is 13.2 Å². The predicted molar refractivity (Wildman–Crippen MR) is 91.9 cm³/mol. The van der Waals surface area contributed by atoms with Gasteiger partial charge in [0.05, 0.1) is 12.0 Å². The van der Waals surface area contributed by atoms with Crippen LogP contribution < -0.4 is 11.0 Å². The van der Waals surface area contributed by atoms with E-state index >= 15 is 0 Å². The summed E-state index contributed by atoms with van der Waals surface area (Å²) in [5.74, 6) is 0. The fourth-order valence-corrected chi connectivity index (χ4v) is 3.18. The molecular weight excluding hydrogens is 360 g/mol. The minimum atomic E-state index is -4.58. The van der Waals surface area contributed by atoms with E-state index in [9.17, 15) is 23.1 Å². The molecule has 1 aliphatic carbocycles. The van der Waals surface area contributed by atoms with E-state index < -0.39 is 23.3 Å². The lowest BCUT2D eigenvalue weighted by Crippen LogP contribution is -2.21. The van der Waals surface area contributed by atoms with E-state index in [-0.39, 0.29) is 33.9 Å². The molecule has 1 aliphatic rings. The molecule has 10 heteroatoms. The SMILES string of the molecule is [B]c1cc(C(O)c2c3ncn(C4CC4)c(=O)c3nn2C)ccc1C(F)(F)F. The Balaban J connectivity index is 1.80. The van der Waals surface area contributed by atoms with Crippen LogP contribution in [0.15, 0.2) is 29.3 Å². The topological polar surface area (TPSA) is 72.9 Å². The van der Waals surface area contributed by atoms with Crippen LogP contribution in [0.1, 0.15) is 41.8 Å². The molecular formula is C17H14BF3N4O2. The Morgan fingerprint density at radius 3 is 2.59 bits per heavy atom. The molecule has 0 aliphatic heterocycles. The van der Waals surface area contributed by atoms with Crippen LogP contribution in [0, 0.1) is 0 Å². The highest BCUT2D eigenvalue weighted by Gasteiger charge is 2.33. The van der Waals surface area contributed by atoms with E-state index in [0.29, 0.717) is 0 Å². The Morgan fingerprint density at radius 1 is 1.30 bits per heavy atom. The van der Waals surface area contributed by atoms with E-state index in [4.69, 9.17) is 7.85 Å². The smallest absolute Gasteiger partial charge is 0.382 e. The lowest BCUT2D eigenvalue weighted by Gasteiger charge is -2.16. The van der Waals surface area contributed by atoms with Gasteiger partial charge < -0.3 is 5.11 Å². The average molecular weight is 374 g/mol. The number of aryl methyl sites for hydroxylation is 1. The molecule has 1 fully saturated rings. The molecule has 0 amide bonds. The molecule has 0 saturated heterocycles. The Hall–Kier alpha value is -2.62. The van der Waals surface area contributed by atoms with Crippen LogP contribution in [0.2, 0.25) is 0 Å². The van der Waals surface area contributed by atoms with Gasteiger partial charge in [-0.1, -0.05) is 23.7 Å². The molecule has 1 unspecified atom stereocenters. The van der Waals surface area contributed by atoms with Crippen LogP contribution in [-0.4, -0.2) is 32.3 Å². The van der Waals surface area contributed by atoms with Crippen molar-refractivity contribution in [2.24, 2.45) is 7.05 Å². The highest BCUT2D eigenvalue weighted by atomic mass is 19.4. The number of alkyl halides is 3. The summed E-state index contributed by atoms with van der Waals surface area (Å²) in [6, 6.07) is 3.16. The highest BCUT2D eigenvalue weighted by molar-refractivity contribution is 6.33. The lowest BCUT2D eigenvalue weighted by molar-refractivity contribution is -0.136. The van der Waals surface area contributed by atoms with Gasteiger partial charge in [0, 0.05) is 18.7 Å². The van der Waals surface area contributed by atoms with Crippen LogP contribution in [0.3, 0.4) is 0 Å². The zero-order valence-corrected chi connectivity index (χ0v) is 14.2. The summed E-state index contributed by atoms with van der Waals surface area (Å²) in [7, 11) is 7.05. The Kier molecular flexibility index (Phi) is 3.92. The first-order chi connectivity index (χ1) is 12.7. The molecule has 4 rings (SSSR count). The molecule has 2 radical (unpaired) electrons. The van der Waals surface area contributed by atoms with E-state index in [1.165, 1.54) is 22.6 Å². The van der Waals surface area contributed by atoms with Gasteiger partial charge in [0.15, 0.2) is 5.52 Å². The minimum Gasteiger partial charge on any atom is -0.382 e. The first kappa shape index (κ1) is 17.8. The summed E-state index contributed by atoms with van der Waals surface area (Å²) in [6.45, 7) is 0. The zero-order chi connectivity index (χ0) is 19.5. The third kappa shape index (κ3) is 2.93. The molecule has 1 aromatic carbocycles. The maximum atomic E-state index is 12.9. The molecule has 27 heavy (non-hydrogen) atoms. The summed E-state index contributed by atoms with van der Waals surface area (Å²) in [6.07, 6.45) is -2.70. The monoisotopic (exact) mass is 374 g/mol. The number of rotatable bonds is 3. The third-order valence-corrected chi connectivity index (χ3v) is 4.71.